The van der Waals surface area contributed by atoms with Crippen LogP contribution in [0.5, 0.6) is 5.75 Å². The molecule has 0 amide bonds. The van der Waals surface area contributed by atoms with E-state index in [0.717, 1.165) is 47.7 Å². The zero-order chi connectivity index (χ0) is 26.3. The zero-order valence-corrected chi connectivity index (χ0v) is 23.0. The van der Waals surface area contributed by atoms with E-state index < -0.39 is 0 Å². The minimum Gasteiger partial charge on any atom is -0.427 e. The number of esters is 1. The second-order valence-corrected chi connectivity index (χ2v) is 10.3. The van der Waals surface area contributed by atoms with E-state index in [1.165, 1.54) is 56.9 Å². The van der Waals surface area contributed by atoms with Gasteiger partial charge in [-0.1, -0.05) is 109 Å². The minimum atomic E-state index is -0.159. The Bertz CT molecular complexity index is 1040. The highest BCUT2D eigenvalue weighted by molar-refractivity contribution is 5.73. The molecule has 1 aromatic heterocycles. The van der Waals surface area contributed by atoms with Gasteiger partial charge in [0.1, 0.15) is 5.75 Å². The maximum atomic E-state index is 12.2. The van der Waals surface area contributed by atoms with Crippen molar-refractivity contribution in [3.8, 4) is 28.3 Å². The van der Waals surface area contributed by atoms with Gasteiger partial charge in [0.25, 0.3) is 0 Å². The minimum absolute atomic E-state index is 0.159. The normalized spacial score (nSPS) is 11.9. The number of carbonyl (C=O) groups excluding carboxylic acids is 1. The molecule has 1 heterocycles. The fourth-order valence-electron chi connectivity index (χ4n) is 4.56. The van der Waals surface area contributed by atoms with Crippen molar-refractivity contribution in [3.63, 3.8) is 0 Å². The largest absolute Gasteiger partial charge is 0.427 e. The smallest absolute Gasteiger partial charge is 0.311 e. The fraction of sp³-hybridized carbons (Fsp3) is 0.485. The molecule has 0 saturated carbocycles. The molecule has 0 spiro atoms. The maximum absolute atomic E-state index is 12.2. The summed E-state index contributed by atoms with van der Waals surface area (Å²) in [7, 11) is 0. The summed E-state index contributed by atoms with van der Waals surface area (Å²) < 4.78 is 5.53. The van der Waals surface area contributed by atoms with E-state index >= 15 is 0 Å². The molecule has 0 aliphatic heterocycles. The monoisotopic (exact) mass is 500 g/mol. The molecule has 0 aliphatic carbocycles. The number of nitrogens with zero attached hydrogens (tertiary/aromatic N) is 2. The lowest BCUT2D eigenvalue weighted by Gasteiger charge is -2.10. The van der Waals surface area contributed by atoms with Gasteiger partial charge < -0.3 is 4.74 Å². The molecule has 0 radical (unpaired) electrons. The summed E-state index contributed by atoms with van der Waals surface area (Å²) in [6, 6.07) is 16.2. The van der Waals surface area contributed by atoms with Crippen molar-refractivity contribution in [1.29, 1.82) is 0 Å². The second kappa shape index (κ2) is 16.0. The van der Waals surface area contributed by atoms with Gasteiger partial charge in [-0.2, -0.15) is 0 Å². The van der Waals surface area contributed by atoms with Crippen LogP contribution in [-0.4, -0.2) is 15.9 Å². The van der Waals surface area contributed by atoms with Gasteiger partial charge in [0, 0.05) is 29.9 Å². The first-order valence-electron chi connectivity index (χ1n) is 14.3. The Labute approximate surface area is 223 Å². The lowest BCUT2D eigenvalue weighted by molar-refractivity contribution is -0.134. The first-order chi connectivity index (χ1) is 18.1. The Balaban J connectivity index is 1.45. The highest BCUT2D eigenvalue weighted by atomic mass is 16.5. The third-order valence-corrected chi connectivity index (χ3v) is 6.98. The van der Waals surface area contributed by atoms with Crippen LogP contribution in [0.15, 0.2) is 60.9 Å². The van der Waals surface area contributed by atoms with E-state index in [-0.39, 0.29) is 5.97 Å². The number of carbonyl (C=O) groups is 1. The number of unbranched alkanes of at least 4 members (excludes halogenated alkanes) is 5. The molecule has 3 rings (SSSR count). The molecule has 0 aliphatic rings. The standard InChI is InChI=1S/C33H44N2O2/c1-4-6-8-9-14-27-16-18-29(19-17-27)33-34-24-30(25-35-33)28-20-22-31(23-21-28)37-32(36)15-11-10-13-26(3)12-7-5-2/h16-26H,4-15H2,1-3H3. The first-order valence-corrected chi connectivity index (χ1v) is 14.3. The van der Waals surface area contributed by atoms with Crippen molar-refractivity contribution in [2.24, 2.45) is 5.92 Å². The van der Waals surface area contributed by atoms with E-state index in [2.05, 4.69) is 55.0 Å². The van der Waals surface area contributed by atoms with Crippen molar-refractivity contribution in [3.05, 3.63) is 66.5 Å². The lowest BCUT2D eigenvalue weighted by atomic mass is 9.97. The summed E-state index contributed by atoms with van der Waals surface area (Å²) in [5.74, 6) is 1.89. The molecule has 37 heavy (non-hydrogen) atoms. The van der Waals surface area contributed by atoms with Gasteiger partial charge in [0.2, 0.25) is 0 Å². The predicted octanol–water partition coefficient (Wildman–Crippen LogP) is 9.23. The van der Waals surface area contributed by atoms with Crippen LogP contribution in [0.3, 0.4) is 0 Å². The van der Waals surface area contributed by atoms with Gasteiger partial charge in [-0.3, -0.25) is 4.79 Å². The number of aryl methyl sites for hydroxylation is 1. The summed E-state index contributed by atoms with van der Waals surface area (Å²) in [6.45, 7) is 6.78. The quantitative estimate of drug-likeness (QED) is 0.112. The lowest BCUT2D eigenvalue weighted by Crippen LogP contribution is -2.07. The molecule has 4 heteroatoms. The molecule has 2 aromatic carbocycles. The number of ether oxygens (including phenoxy) is 1. The van der Waals surface area contributed by atoms with Crippen molar-refractivity contribution in [2.75, 3.05) is 0 Å². The van der Waals surface area contributed by atoms with Crippen molar-refractivity contribution >= 4 is 5.97 Å². The van der Waals surface area contributed by atoms with Crippen LogP contribution < -0.4 is 4.74 Å². The average Bonchev–Trinajstić information content (AvgIpc) is 2.93. The van der Waals surface area contributed by atoms with Gasteiger partial charge in [-0.05, 0) is 48.4 Å². The Hall–Kier alpha value is -3.01. The van der Waals surface area contributed by atoms with E-state index in [1.807, 2.05) is 36.7 Å². The highest BCUT2D eigenvalue weighted by Gasteiger charge is 2.08. The molecule has 0 fully saturated rings. The molecule has 0 saturated heterocycles. The van der Waals surface area contributed by atoms with Crippen LogP contribution >= 0.6 is 0 Å². The van der Waals surface area contributed by atoms with E-state index in [9.17, 15) is 4.79 Å². The number of benzene rings is 2. The molecule has 0 N–H and O–H groups in total. The summed E-state index contributed by atoms with van der Waals surface area (Å²) in [4.78, 5) is 21.4. The number of hydrogen-bond donors (Lipinski definition) is 0. The Morgan fingerprint density at radius 3 is 2.05 bits per heavy atom. The number of rotatable bonds is 16. The Morgan fingerprint density at radius 2 is 1.38 bits per heavy atom. The molecule has 198 valence electrons. The van der Waals surface area contributed by atoms with E-state index in [1.54, 1.807) is 0 Å². The second-order valence-electron chi connectivity index (χ2n) is 10.3. The van der Waals surface area contributed by atoms with Crippen LogP contribution in [0, 0.1) is 5.92 Å². The van der Waals surface area contributed by atoms with Crippen molar-refractivity contribution in [1.82, 2.24) is 9.97 Å². The molecular formula is C33H44N2O2. The fourth-order valence-corrected chi connectivity index (χ4v) is 4.56. The number of aromatic nitrogens is 2. The van der Waals surface area contributed by atoms with Crippen molar-refractivity contribution in [2.45, 2.75) is 97.8 Å². The van der Waals surface area contributed by atoms with Gasteiger partial charge in [0.15, 0.2) is 5.82 Å². The predicted molar refractivity (Wildman–Crippen MR) is 154 cm³/mol. The Kier molecular flexibility index (Phi) is 12.3. The summed E-state index contributed by atoms with van der Waals surface area (Å²) >= 11 is 0. The summed E-state index contributed by atoms with van der Waals surface area (Å²) in [6.07, 6.45) is 17.4. The topological polar surface area (TPSA) is 52.1 Å². The van der Waals surface area contributed by atoms with Gasteiger partial charge in [0.05, 0.1) is 0 Å². The van der Waals surface area contributed by atoms with Gasteiger partial charge in [-0.15, -0.1) is 0 Å². The van der Waals surface area contributed by atoms with Crippen molar-refractivity contribution < 1.29 is 9.53 Å². The zero-order valence-electron chi connectivity index (χ0n) is 23.0. The van der Waals surface area contributed by atoms with Crippen LogP contribution in [0.2, 0.25) is 0 Å². The summed E-state index contributed by atoms with van der Waals surface area (Å²) in [5, 5.41) is 0. The van der Waals surface area contributed by atoms with Crippen LogP contribution in [0.4, 0.5) is 0 Å². The first kappa shape index (κ1) is 28.6. The highest BCUT2D eigenvalue weighted by Crippen LogP contribution is 2.24. The third-order valence-electron chi connectivity index (χ3n) is 6.98. The van der Waals surface area contributed by atoms with Gasteiger partial charge >= 0.3 is 5.97 Å². The summed E-state index contributed by atoms with van der Waals surface area (Å²) in [5.41, 5.74) is 4.33. The third kappa shape index (κ3) is 10.1. The van der Waals surface area contributed by atoms with Crippen LogP contribution in [0.25, 0.3) is 22.5 Å². The molecule has 4 nitrogen and oxygen atoms in total. The maximum Gasteiger partial charge on any atom is 0.311 e. The van der Waals surface area contributed by atoms with E-state index in [0.29, 0.717) is 12.2 Å². The molecule has 1 unspecified atom stereocenters. The average molecular weight is 501 g/mol. The van der Waals surface area contributed by atoms with Crippen LogP contribution in [0.1, 0.15) is 97.0 Å². The molecule has 1 atom stereocenters. The molecular weight excluding hydrogens is 456 g/mol. The van der Waals surface area contributed by atoms with Crippen LogP contribution in [-0.2, 0) is 11.2 Å². The molecule has 3 aromatic rings. The number of hydrogen-bond acceptors (Lipinski definition) is 4. The van der Waals surface area contributed by atoms with Gasteiger partial charge in [-0.25, -0.2) is 9.97 Å². The van der Waals surface area contributed by atoms with E-state index in [4.69, 9.17) is 4.74 Å². The SMILES string of the molecule is CCCCCCc1ccc(-c2ncc(-c3ccc(OC(=O)CCCCC(C)CCCC)cc3)cn2)cc1. The molecule has 0 bridgehead atoms. The Morgan fingerprint density at radius 1 is 0.730 bits per heavy atom.